The summed E-state index contributed by atoms with van der Waals surface area (Å²) in [6.07, 6.45) is 3.85. The van der Waals surface area contributed by atoms with E-state index in [1.165, 1.54) is 4.90 Å². The Morgan fingerprint density at radius 1 is 1.11 bits per heavy atom. The Morgan fingerprint density at radius 3 is 2.85 bits per heavy atom. The number of hydrogen-bond donors (Lipinski definition) is 0. The number of amides is 2. The lowest BCUT2D eigenvalue weighted by Gasteiger charge is -2.33. The fourth-order valence-corrected chi connectivity index (χ4v) is 4.31. The number of aromatic nitrogens is 1. The quantitative estimate of drug-likeness (QED) is 0.603. The molecule has 2 amide bonds. The van der Waals surface area contributed by atoms with E-state index in [4.69, 9.17) is 16.3 Å². The molecule has 0 N–H and O–H groups in total. The predicted molar refractivity (Wildman–Crippen MR) is 102 cm³/mol. The van der Waals surface area contributed by atoms with Crippen molar-refractivity contribution in [2.24, 2.45) is 0 Å². The zero-order valence-corrected chi connectivity index (χ0v) is 15.1. The summed E-state index contributed by atoms with van der Waals surface area (Å²) in [5, 5.41) is 2.22. The SMILES string of the molecule is O=C1CC2(CCOc3ccc(Cl)cc32)C(=O)N1c1cncc2ccccc12. The Labute approximate surface area is 160 Å². The number of rotatable bonds is 1. The van der Waals surface area contributed by atoms with E-state index in [9.17, 15) is 9.59 Å². The molecule has 5 nitrogen and oxygen atoms in total. The molecule has 2 aliphatic heterocycles. The van der Waals surface area contributed by atoms with E-state index < -0.39 is 5.41 Å². The van der Waals surface area contributed by atoms with Gasteiger partial charge in [-0.25, -0.2) is 4.90 Å². The number of carbonyl (C=O) groups is 2. The van der Waals surface area contributed by atoms with Crippen molar-refractivity contribution in [2.75, 3.05) is 11.5 Å². The van der Waals surface area contributed by atoms with Crippen molar-refractivity contribution in [1.29, 1.82) is 0 Å². The van der Waals surface area contributed by atoms with Crippen LogP contribution in [-0.4, -0.2) is 23.4 Å². The van der Waals surface area contributed by atoms with E-state index >= 15 is 0 Å². The maximum Gasteiger partial charge on any atom is 0.245 e. The van der Waals surface area contributed by atoms with Crippen LogP contribution >= 0.6 is 11.6 Å². The Kier molecular flexibility index (Phi) is 3.49. The summed E-state index contributed by atoms with van der Waals surface area (Å²) < 4.78 is 5.71. The highest BCUT2D eigenvalue weighted by atomic mass is 35.5. The molecular formula is C21H15ClN2O3. The first-order valence-electron chi connectivity index (χ1n) is 8.73. The van der Waals surface area contributed by atoms with Gasteiger partial charge in [-0.15, -0.1) is 0 Å². The van der Waals surface area contributed by atoms with Crippen molar-refractivity contribution >= 4 is 39.9 Å². The third kappa shape index (κ3) is 2.28. The molecule has 3 heterocycles. The van der Waals surface area contributed by atoms with Gasteiger partial charge in [0.2, 0.25) is 11.8 Å². The molecule has 1 aromatic heterocycles. The number of ether oxygens (including phenoxy) is 1. The van der Waals surface area contributed by atoms with Gasteiger partial charge in [0.05, 0.1) is 23.9 Å². The number of anilines is 1. The van der Waals surface area contributed by atoms with Gasteiger partial charge in [-0.3, -0.25) is 14.6 Å². The summed E-state index contributed by atoms with van der Waals surface area (Å²) >= 11 is 6.18. The number of carbonyl (C=O) groups excluding carboxylic acids is 2. The number of hydrogen-bond acceptors (Lipinski definition) is 4. The molecule has 1 atom stereocenters. The minimum Gasteiger partial charge on any atom is -0.493 e. The van der Waals surface area contributed by atoms with Gasteiger partial charge in [-0.2, -0.15) is 0 Å². The van der Waals surface area contributed by atoms with Crippen LogP contribution in [0.1, 0.15) is 18.4 Å². The second kappa shape index (κ2) is 5.79. The normalized spacial score (nSPS) is 21.6. The molecule has 0 bridgehead atoms. The standard InChI is InChI=1S/C21H15ClN2O3/c22-14-5-6-18-16(9-14)21(7-8-27-18)10-19(25)24(20(21)26)17-12-23-11-13-3-1-2-4-15(13)17/h1-6,9,11-12H,7-8,10H2. The maximum absolute atomic E-state index is 13.6. The van der Waals surface area contributed by atoms with Crippen molar-refractivity contribution in [3.63, 3.8) is 0 Å². The molecular weight excluding hydrogens is 364 g/mol. The number of benzene rings is 2. The molecule has 1 fully saturated rings. The van der Waals surface area contributed by atoms with Crippen molar-refractivity contribution in [2.45, 2.75) is 18.3 Å². The zero-order chi connectivity index (χ0) is 18.6. The van der Waals surface area contributed by atoms with Gasteiger partial charge in [-0.05, 0) is 18.2 Å². The Balaban J connectivity index is 1.68. The molecule has 2 aromatic carbocycles. The van der Waals surface area contributed by atoms with Crippen LogP contribution in [0.4, 0.5) is 5.69 Å². The summed E-state index contributed by atoms with van der Waals surface area (Å²) in [5.41, 5.74) is 0.275. The molecule has 1 spiro atoms. The van der Waals surface area contributed by atoms with Gasteiger partial charge in [0.1, 0.15) is 5.75 Å². The topological polar surface area (TPSA) is 59.5 Å². The third-order valence-corrected chi connectivity index (χ3v) is 5.68. The van der Waals surface area contributed by atoms with Crippen LogP contribution in [0.15, 0.2) is 54.9 Å². The zero-order valence-electron chi connectivity index (χ0n) is 14.3. The lowest BCUT2D eigenvalue weighted by Crippen LogP contribution is -2.42. The average molecular weight is 379 g/mol. The van der Waals surface area contributed by atoms with Gasteiger partial charge < -0.3 is 4.74 Å². The predicted octanol–water partition coefficient (Wildman–Crippen LogP) is 3.87. The number of halogens is 1. The van der Waals surface area contributed by atoms with Crippen molar-refractivity contribution in [3.05, 3.63) is 65.4 Å². The largest absolute Gasteiger partial charge is 0.493 e. The summed E-state index contributed by atoms with van der Waals surface area (Å²) in [4.78, 5) is 32.1. The molecule has 1 saturated heterocycles. The van der Waals surface area contributed by atoms with E-state index in [1.807, 2.05) is 24.3 Å². The highest BCUT2D eigenvalue weighted by Crippen LogP contribution is 2.48. The van der Waals surface area contributed by atoms with Gasteiger partial charge in [0.15, 0.2) is 0 Å². The molecule has 0 aliphatic carbocycles. The smallest absolute Gasteiger partial charge is 0.245 e. The van der Waals surface area contributed by atoms with E-state index in [0.29, 0.717) is 35.1 Å². The van der Waals surface area contributed by atoms with Crippen LogP contribution in [0.3, 0.4) is 0 Å². The van der Waals surface area contributed by atoms with E-state index in [0.717, 1.165) is 10.8 Å². The minimum atomic E-state index is -0.938. The molecule has 3 aromatic rings. The molecule has 2 aliphatic rings. The van der Waals surface area contributed by atoms with Crippen LogP contribution in [0, 0.1) is 0 Å². The minimum absolute atomic E-state index is 0.103. The second-order valence-corrected chi connectivity index (χ2v) is 7.35. The van der Waals surface area contributed by atoms with Gasteiger partial charge in [0, 0.05) is 40.4 Å². The summed E-state index contributed by atoms with van der Waals surface area (Å²) in [5.74, 6) is 0.146. The molecule has 1 unspecified atom stereocenters. The molecule has 134 valence electrons. The molecule has 5 rings (SSSR count). The first kappa shape index (κ1) is 16.3. The fourth-order valence-electron chi connectivity index (χ4n) is 4.14. The molecule has 6 heteroatoms. The van der Waals surface area contributed by atoms with Crippen LogP contribution in [0.2, 0.25) is 5.02 Å². The number of pyridine rings is 1. The molecule has 27 heavy (non-hydrogen) atoms. The van der Waals surface area contributed by atoms with Gasteiger partial charge >= 0.3 is 0 Å². The lowest BCUT2D eigenvalue weighted by atomic mass is 9.74. The second-order valence-electron chi connectivity index (χ2n) is 6.91. The fraction of sp³-hybridized carbons (Fsp3) is 0.190. The Bertz CT molecular complexity index is 1110. The summed E-state index contributed by atoms with van der Waals surface area (Å²) in [6, 6.07) is 12.8. The van der Waals surface area contributed by atoms with Gasteiger partial charge in [0.25, 0.3) is 0 Å². The van der Waals surface area contributed by atoms with E-state index in [2.05, 4.69) is 4.98 Å². The first-order valence-corrected chi connectivity index (χ1v) is 9.11. The van der Waals surface area contributed by atoms with Crippen LogP contribution in [-0.2, 0) is 15.0 Å². The number of fused-ring (bicyclic) bond motifs is 3. The third-order valence-electron chi connectivity index (χ3n) is 5.45. The Hall–Kier alpha value is -2.92. The van der Waals surface area contributed by atoms with Crippen molar-refractivity contribution in [1.82, 2.24) is 4.98 Å². The van der Waals surface area contributed by atoms with E-state index in [-0.39, 0.29) is 18.2 Å². The summed E-state index contributed by atoms with van der Waals surface area (Å²) in [6.45, 7) is 0.384. The van der Waals surface area contributed by atoms with Gasteiger partial charge in [-0.1, -0.05) is 35.9 Å². The number of imide groups is 1. The van der Waals surface area contributed by atoms with Crippen molar-refractivity contribution < 1.29 is 14.3 Å². The summed E-state index contributed by atoms with van der Waals surface area (Å²) in [7, 11) is 0. The lowest BCUT2D eigenvalue weighted by molar-refractivity contribution is -0.123. The molecule has 0 radical (unpaired) electrons. The van der Waals surface area contributed by atoms with Crippen LogP contribution < -0.4 is 9.64 Å². The molecule has 0 saturated carbocycles. The van der Waals surface area contributed by atoms with Crippen molar-refractivity contribution in [3.8, 4) is 5.75 Å². The Morgan fingerprint density at radius 2 is 1.96 bits per heavy atom. The maximum atomic E-state index is 13.6. The average Bonchev–Trinajstić information content (AvgIpc) is 2.92. The van der Waals surface area contributed by atoms with E-state index in [1.54, 1.807) is 30.6 Å². The number of nitrogens with zero attached hydrogens (tertiary/aromatic N) is 2. The highest BCUT2D eigenvalue weighted by Gasteiger charge is 2.55. The highest BCUT2D eigenvalue weighted by molar-refractivity contribution is 6.31. The van der Waals surface area contributed by atoms with Crippen LogP contribution in [0.5, 0.6) is 5.75 Å². The van der Waals surface area contributed by atoms with Crippen LogP contribution in [0.25, 0.3) is 10.8 Å². The monoisotopic (exact) mass is 378 g/mol. The first-order chi connectivity index (χ1) is 13.1.